The van der Waals surface area contributed by atoms with Crippen molar-refractivity contribution in [1.82, 2.24) is 9.55 Å². The van der Waals surface area contributed by atoms with Gasteiger partial charge in [0.15, 0.2) is 12.3 Å². The largest absolute Gasteiger partial charge is 0.497 e. The number of nitrogens with zero attached hydrogens (tertiary/aromatic N) is 2. The van der Waals surface area contributed by atoms with Crippen LogP contribution in [0.2, 0.25) is 0 Å². The molecule has 0 spiro atoms. The number of ether oxygens (including phenoxy) is 2. The maximum atomic E-state index is 12.6. The average Bonchev–Trinajstić information content (AvgIpc) is 2.61. The molecule has 0 N–H and O–H groups in total. The molecule has 1 aromatic carbocycles. The summed E-state index contributed by atoms with van der Waals surface area (Å²) in [6, 6.07) is 11.2. The Morgan fingerprint density at radius 3 is 2.46 bits per heavy atom. The minimum Gasteiger partial charge on any atom is -0.497 e. The zero-order chi connectivity index (χ0) is 18.9. The van der Waals surface area contributed by atoms with E-state index in [1.165, 1.54) is 17.7 Å². The van der Waals surface area contributed by atoms with Crippen LogP contribution in [0.3, 0.4) is 0 Å². The summed E-state index contributed by atoms with van der Waals surface area (Å²) in [7, 11) is 1.52. The highest BCUT2D eigenvalue weighted by molar-refractivity contribution is 14.1. The molecule has 9 heteroatoms. The normalized spacial score (nSPS) is 11.6. The number of rotatable bonds is 4. The van der Waals surface area contributed by atoms with Gasteiger partial charge in [-0.1, -0.05) is 0 Å². The fourth-order valence-electron chi connectivity index (χ4n) is 2.34. The highest BCUT2D eigenvalue weighted by Gasteiger charge is 2.28. The van der Waals surface area contributed by atoms with Crippen molar-refractivity contribution in [2.45, 2.75) is 6.18 Å². The number of aromatic nitrogens is 2. The van der Waals surface area contributed by atoms with Crippen molar-refractivity contribution in [2.75, 3.05) is 13.7 Å². The van der Waals surface area contributed by atoms with Crippen molar-refractivity contribution in [2.24, 2.45) is 0 Å². The number of halogens is 4. The summed E-state index contributed by atoms with van der Waals surface area (Å²) < 4.78 is 48.7. The number of alkyl halides is 3. The van der Waals surface area contributed by atoms with Crippen LogP contribution in [0, 0.1) is 3.57 Å². The third kappa shape index (κ3) is 3.92. The van der Waals surface area contributed by atoms with Crippen LogP contribution in [0.4, 0.5) is 13.2 Å². The van der Waals surface area contributed by atoms with Crippen molar-refractivity contribution in [3.63, 3.8) is 0 Å². The topological polar surface area (TPSA) is 53.4 Å². The summed E-state index contributed by atoms with van der Waals surface area (Å²) in [5.74, 6) is 0.400. The van der Waals surface area contributed by atoms with Gasteiger partial charge in [0.1, 0.15) is 5.75 Å². The second-order valence-electron chi connectivity index (χ2n) is 5.30. The van der Waals surface area contributed by atoms with E-state index in [1.807, 2.05) is 22.6 Å². The second kappa shape index (κ2) is 7.14. The lowest BCUT2D eigenvalue weighted by Crippen LogP contribution is -2.23. The van der Waals surface area contributed by atoms with E-state index >= 15 is 0 Å². The molecule has 2 heterocycles. The van der Waals surface area contributed by atoms with E-state index < -0.39 is 12.8 Å². The molecule has 0 unspecified atom stereocenters. The predicted octanol–water partition coefficient (Wildman–Crippen LogP) is 3.94. The molecule has 3 rings (SSSR count). The van der Waals surface area contributed by atoms with E-state index in [0.717, 1.165) is 0 Å². The lowest BCUT2D eigenvalue weighted by Gasteiger charge is -2.13. The molecule has 0 radical (unpaired) electrons. The molecule has 0 fully saturated rings. The van der Waals surface area contributed by atoms with Gasteiger partial charge in [0.05, 0.1) is 16.4 Å². The minimum absolute atomic E-state index is 0.209. The highest BCUT2D eigenvalue weighted by atomic mass is 127. The SMILES string of the molecule is COc1ccc(-n2c(=O)c(I)cc3ccc(OCC(F)(F)F)nc32)cc1. The molecule has 0 amide bonds. The Hall–Kier alpha value is -2.30. The molecule has 5 nitrogen and oxygen atoms in total. The lowest BCUT2D eigenvalue weighted by molar-refractivity contribution is -0.154. The third-order valence-electron chi connectivity index (χ3n) is 3.50. The standard InChI is InChI=1S/C17H12F3IN2O3/c1-25-12-5-3-11(4-6-12)23-15-10(8-13(21)16(23)24)2-7-14(22-15)26-9-17(18,19)20/h2-8H,9H2,1H3. The molecule has 136 valence electrons. The van der Waals surface area contributed by atoms with Gasteiger partial charge in [0.25, 0.3) is 5.56 Å². The van der Waals surface area contributed by atoms with Crippen molar-refractivity contribution in [3.8, 4) is 17.3 Å². The zero-order valence-electron chi connectivity index (χ0n) is 13.4. The van der Waals surface area contributed by atoms with E-state index in [2.05, 4.69) is 4.98 Å². The van der Waals surface area contributed by atoms with Crippen LogP contribution in [0.5, 0.6) is 11.6 Å². The van der Waals surface area contributed by atoms with Crippen LogP contribution in [-0.2, 0) is 0 Å². The quantitative estimate of drug-likeness (QED) is 0.536. The van der Waals surface area contributed by atoms with Crippen molar-refractivity contribution in [3.05, 3.63) is 56.4 Å². The van der Waals surface area contributed by atoms with Gasteiger partial charge in [-0.15, -0.1) is 0 Å². The van der Waals surface area contributed by atoms with E-state index in [4.69, 9.17) is 9.47 Å². The molecule has 0 atom stereocenters. The Morgan fingerprint density at radius 1 is 1.15 bits per heavy atom. The first-order valence-corrected chi connectivity index (χ1v) is 8.42. The summed E-state index contributed by atoms with van der Waals surface area (Å²) in [6.07, 6.45) is -4.47. The molecule has 0 aliphatic rings. The number of methoxy groups -OCH3 is 1. The first-order chi connectivity index (χ1) is 12.3. The fourth-order valence-corrected chi connectivity index (χ4v) is 2.92. The Kier molecular flexibility index (Phi) is 5.08. The molecular weight excluding hydrogens is 464 g/mol. The molecule has 0 bridgehead atoms. The number of pyridine rings is 2. The van der Waals surface area contributed by atoms with Gasteiger partial charge in [-0.2, -0.15) is 18.2 Å². The van der Waals surface area contributed by atoms with E-state index in [9.17, 15) is 18.0 Å². The maximum absolute atomic E-state index is 12.6. The zero-order valence-corrected chi connectivity index (χ0v) is 15.5. The number of benzene rings is 1. The van der Waals surface area contributed by atoms with Gasteiger partial charge in [0, 0.05) is 11.5 Å². The number of fused-ring (bicyclic) bond motifs is 1. The molecule has 0 saturated heterocycles. The smallest absolute Gasteiger partial charge is 0.422 e. The van der Waals surface area contributed by atoms with E-state index in [1.54, 1.807) is 36.4 Å². The third-order valence-corrected chi connectivity index (χ3v) is 4.27. The Balaban J connectivity index is 2.15. The van der Waals surface area contributed by atoms with Crippen molar-refractivity contribution >= 4 is 33.6 Å². The lowest BCUT2D eigenvalue weighted by atomic mass is 10.2. The Morgan fingerprint density at radius 2 is 1.85 bits per heavy atom. The Bertz CT molecular complexity index is 1000. The molecular formula is C17H12F3IN2O3. The van der Waals surface area contributed by atoms with Gasteiger partial charge in [-0.3, -0.25) is 9.36 Å². The van der Waals surface area contributed by atoms with Crippen LogP contribution in [-0.4, -0.2) is 29.4 Å². The summed E-state index contributed by atoms with van der Waals surface area (Å²) in [5, 5.41) is 0.601. The van der Waals surface area contributed by atoms with Gasteiger partial charge < -0.3 is 9.47 Å². The molecule has 0 aliphatic carbocycles. The van der Waals surface area contributed by atoms with Crippen LogP contribution in [0.1, 0.15) is 0 Å². The van der Waals surface area contributed by atoms with Crippen LogP contribution >= 0.6 is 22.6 Å². The first-order valence-electron chi connectivity index (χ1n) is 7.35. The summed E-state index contributed by atoms with van der Waals surface area (Å²) in [5.41, 5.74) is 0.392. The van der Waals surface area contributed by atoms with Crippen LogP contribution in [0.15, 0.2) is 47.3 Å². The van der Waals surface area contributed by atoms with Gasteiger partial charge >= 0.3 is 6.18 Å². The molecule has 26 heavy (non-hydrogen) atoms. The fraction of sp³-hybridized carbons (Fsp3) is 0.176. The van der Waals surface area contributed by atoms with Crippen molar-refractivity contribution in [1.29, 1.82) is 0 Å². The number of hydrogen-bond acceptors (Lipinski definition) is 4. The molecule has 0 aliphatic heterocycles. The number of hydrogen-bond donors (Lipinski definition) is 0. The molecule has 2 aromatic heterocycles. The summed E-state index contributed by atoms with van der Waals surface area (Å²) in [4.78, 5) is 16.7. The van der Waals surface area contributed by atoms with Gasteiger partial charge in [-0.25, -0.2) is 0 Å². The van der Waals surface area contributed by atoms with Gasteiger partial charge in [-0.05, 0) is 59.0 Å². The Labute approximate surface area is 159 Å². The first kappa shape index (κ1) is 18.5. The van der Waals surface area contributed by atoms with E-state index in [0.29, 0.717) is 20.4 Å². The minimum atomic E-state index is -4.47. The summed E-state index contributed by atoms with van der Waals surface area (Å²) >= 11 is 1.91. The average molecular weight is 476 g/mol. The summed E-state index contributed by atoms with van der Waals surface area (Å²) in [6.45, 7) is -1.46. The highest BCUT2D eigenvalue weighted by Crippen LogP contribution is 2.23. The monoisotopic (exact) mass is 476 g/mol. The maximum Gasteiger partial charge on any atom is 0.422 e. The predicted molar refractivity (Wildman–Crippen MR) is 98.2 cm³/mol. The van der Waals surface area contributed by atoms with Gasteiger partial charge in [0.2, 0.25) is 5.88 Å². The second-order valence-corrected chi connectivity index (χ2v) is 6.46. The van der Waals surface area contributed by atoms with E-state index in [-0.39, 0.29) is 17.1 Å². The molecule has 0 saturated carbocycles. The van der Waals surface area contributed by atoms with Crippen LogP contribution in [0.25, 0.3) is 16.7 Å². The molecule has 3 aromatic rings. The van der Waals surface area contributed by atoms with Crippen LogP contribution < -0.4 is 15.0 Å². The van der Waals surface area contributed by atoms with Crippen molar-refractivity contribution < 1.29 is 22.6 Å².